The molecule has 4 atom stereocenters. The molecule has 9 heteroatoms. The second-order valence-electron chi connectivity index (χ2n) is 9.38. The zero-order valence-corrected chi connectivity index (χ0v) is 19.0. The summed E-state index contributed by atoms with van der Waals surface area (Å²) in [5.74, 6) is 3.05. The van der Waals surface area contributed by atoms with Gasteiger partial charge in [-0.25, -0.2) is 14.6 Å². The summed E-state index contributed by atoms with van der Waals surface area (Å²) < 4.78 is 11.4. The van der Waals surface area contributed by atoms with Crippen molar-refractivity contribution in [2.24, 2.45) is 11.8 Å². The van der Waals surface area contributed by atoms with Crippen LogP contribution in [0.1, 0.15) is 77.0 Å². The van der Waals surface area contributed by atoms with Crippen molar-refractivity contribution in [3.63, 3.8) is 0 Å². The number of amides is 4. The first-order chi connectivity index (χ1) is 16.3. The Morgan fingerprint density at radius 2 is 1.12 bits per heavy atom. The first kappa shape index (κ1) is 23.8. The number of unbranched alkanes of at least 4 members (excludes halogenated alkanes) is 2. The van der Waals surface area contributed by atoms with E-state index in [1.807, 2.05) is 0 Å². The van der Waals surface area contributed by atoms with Gasteiger partial charge in [0, 0.05) is 63.2 Å². The van der Waals surface area contributed by atoms with Gasteiger partial charge < -0.3 is 9.47 Å². The molecule has 0 N–H and O–H groups in total. The van der Waals surface area contributed by atoms with Gasteiger partial charge in [-0.05, 0) is 25.7 Å². The number of nitrogens with zero attached hydrogens (tertiary/aromatic N) is 2. The molecule has 9 nitrogen and oxygen atoms in total. The molecule has 2 saturated heterocycles. The van der Waals surface area contributed by atoms with E-state index in [-0.39, 0.29) is 37.5 Å². The van der Waals surface area contributed by atoms with Crippen LogP contribution in [0.25, 0.3) is 0 Å². The number of carbonyl (C=O) groups is 5. The topological polar surface area (TPSA) is 110 Å². The number of terminal acetylenes is 2. The molecule has 0 bridgehead atoms. The van der Waals surface area contributed by atoms with Crippen LogP contribution in [-0.2, 0) is 28.7 Å². The number of rotatable bonds is 10. The van der Waals surface area contributed by atoms with E-state index in [2.05, 4.69) is 11.8 Å². The molecule has 180 valence electrons. The van der Waals surface area contributed by atoms with Gasteiger partial charge in [-0.15, -0.1) is 24.7 Å². The van der Waals surface area contributed by atoms with Crippen molar-refractivity contribution < 1.29 is 33.4 Å². The number of likely N-dealkylation sites (tertiary alicyclic amines) is 2. The minimum Gasteiger partial charge on any atom is -0.407 e. The molecule has 4 rings (SSSR count). The number of carbonyl (C=O) groups excluding carboxylic acids is 5. The Labute approximate surface area is 198 Å². The van der Waals surface area contributed by atoms with E-state index in [9.17, 15) is 24.0 Å². The monoisotopic (exact) mass is 468 g/mol. The first-order valence-electron chi connectivity index (χ1n) is 11.8. The van der Waals surface area contributed by atoms with E-state index in [1.165, 1.54) is 0 Å². The van der Waals surface area contributed by atoms with Crippen LogP contribution >= 0.6 is 0 Å². The molecule has 2 aliphatic carbocycles. The van der Waals surface area contributed by atoms with Crippen molar-refractivity contribution in [2.45, 2.75) is 88.5 Å². The highest BCUT2D eigenvalue weighted by Crippen LogP contribution is 2.57. The third-order valence-corrected chi connectivity index (χ3v) is 7.16. The summed E-state index contributed by atoms with van der Waals surface area (Å²) in [4.78, 5) is 64.9. The number of imide groups is 2. The van der Waals surface area contributed by atoms with Gasteiger partial charge in [-0.1, -0.05) is 0 Å². The molecule has 34 heavy (non-hydrogen) atoms. The van der Waals surface area contributed by atoms with Crippen molar-refractivity contribution in [1.82, 2.24) is 9.80 Å². The van der Waals surface area contributed by atoms with E-state index >= 15 is 0 Å². The average molecular weight is 469 g/mol. The quantitative estimate of drug-likeness (QED) is 0.210. The summed E-state index contributed by atoms with van der Waals surface area (Å²) in [6.07, 6.45) is 14.0. The van der Waals surface area contributed by atoms with Gasteiger partial charge in [0.05, 0.1) is 0 Å². The van der Waals surface area contributed by atoms with Crippen LogP contribution in [0.15, 0.2) is 0 Å². The molecule has 2 aliphatic heterocycles. The molecule has 4 fully saturated rings. The van der Waals surface area contributed by atoms with Crippen LogP contribution < -0.4 is 0 Å². The van der Waals surface area contributed by atoms with Crippen LogP contribution in [0, 0.1) is 36.5 Å². The zero-order chi connectivity index (χ0) is 24.5. The van der Waals surface area contributed by atoms with Crippen molar-refractivity contribution in [1.29, 1.82) is 0 Å². The highest BCUT2D eigenvalue weighted by Gasteiger charge is 2.69. The summed E-state index contributed by atoms with van der Waals surface area (Å²) in [5, 5.41) is 0. The minimum absolute atomic E-state index is 0.0635. The standard InChI is InChI=1S/C25H28N2O7/c1-3-5-7-9-17-15-24(17,26-19(28)11-12-20(26)29)33-23(32)34-25(16-18(25)10-8-6-4-2)27-21(30)13-14-22(27)31/h1-2,17-18H,5-16H2/t17-,18-,24-,25-/m1/s1. The predicted octanol–water partition coefficient (Wildman–Crippen LogP) is 2.48. The van der Waals surface area contributed by atoms with Gasteiger partial charge in [0.1, 0.15) is 0 Å². The third-order valence-electron chi connectivity index (χ3n) is 7.16. The molecular weight excluding hydrogens is 440 g/mol. The molecule has 0 aromatic rings. The second kappa shape index (κ2) is 9.13. The predicted molar refractivity (Wildman–Crippen MR) is 117 cm³/mol. The number of hydrogen-bond acceptors (Lipinski definition) is 7. The fourth-order valence-electron chi connectivity index (χ4n) is 5.34. The molecule has 2 saturated carbocycles. The number of ether oxygens (including phenoxy) is 2. The maximum absolute atomic E-state index is 13.0. The van der Waals surface area contributed by atoms with Crippen LogP contribution in [0.5, 0.6) is 0 Å². The molecule has 2 heterocycles. The van der Waals surface area contributed by atoms with Crippen molar-refractivity contribution in [3.8, 4) is 24.7 Å². The fourth-order valence-corrected chi connectivity index (χ4v) is 5.34. The van der Waals surface area contributed by atoms with Gasteiger partial charge in [-0.3, -0.25) is 19.2 Å². The molecule has 4 aliphatic rings. The van der Waals surface area contributed by atoms with Crippen LogP contribution in [0.2, 0.25) is 0 Å². The zero-order valence-electron chi connectivity index (χ0n) is 19.0. The lowest BCUT2D eigenvalue weighted by atomic mass is 10.1. The lowest BCUT2D eigenvalue weighted by Gasteiger charge is -2.31. The van der Waals surface area contributed by atoms with Crippen molar-refractivity contribution in [3.05, 3.63) is 0 Å². The Hall–Kier alpha value is -3.33. The van der Waals surface area contributed by atoms with Gasteiger partial charge in [0.15, 0.2) is 0 Å². The van der Waals surface area contributed by atoms with E-state index in [1.54, 1.807) is 0 Å². The van der Waals surface area contributed by atoms with Gasteiger partial charge in [0.25, 0.3) is 0 Å². The maximum Gasteiger partial charge on any atom is 0.512 e. The minimum atomic E-state index is -1.40. The fraction of sp³-hybridized carbons (Fsp3) is 0.640. The summed E-state index contributed by atoms with van der Waals surface area (Å²) in [7, 11) is 0. The summed E-state index contributed by atoms with van der Waals surface area (Å²) >= 11 is 0. The normalized spacial score (nSPS) is 31.9. The van der Waals surface area contributed by atoms with Crippen molar-refractivity contribution in [2.75, 3.05) is 0 Å². The smallest absolute Gasteiger partial charge is 0.407 e. The molecule has 0 radical (unpaired) electrons. The van der Waals surface area contributed by atoms with Gasteiger partial charge in [0.2, 0.25) is 35.1 Å². The van der Waals surface area contributed by atoms with E-state index in [0.29, 0.717) is 51.4 Å². The Kier molecular flexibility index (Phi) is 6.40. The van der Waals surface area contributed by atoms with E-state index in [0.717, 1.165) is 9.80 Å². The SMILES string of the molecule is C#CCCC[C@@H]1C[C@]1(OC(=O)O[C@]1(N2C(=O)CCC2=O)C[C@H]1CCCC#C)N1C(=O)CCC1=O. The molecular formula is C25H28N2O7. The molecule has 4 amide bonds. The maximum atomic E-state index is 13.0. The van der Waals surface area contributed by atoms with E-state index < -0.39 is 41.2 Å². The molecule has 0 aromatic heterocycles. The third kappa shape index (κ3) is 4.16. The lowest BCUT2D eigenvalue weighted by Crippen LogP contribution is -2.49. The molecule has 0 unspecified atom stereocenters. The summed E-state index contributed by atoms with van der Waals surface area (Å²) in [6, 6.07) is 0. The summed E-state index contributed by atoms with van der Waals surface area (Å²) in [5.41, 5.74) is -2.80. The molecule has 0 spiro atoms. The van der Waals surface area contributed by atoms with Crippen molar-refractivity contribution >= 4 is 29.8 Å². The highest BCUT2D eigenvalue weighted by atomic mass is 16.8. The Morgan fingerprint density at radius 1 is 0.765 bits per heavy atom. The largest absolute Gasteiger partial charge is 0.512 e. The van der Waals surface area contributed by atoms with Gasteiger partial charge >= 0.3 is 6.16 Å². The van der Waals surface area contributed by atoms with Crippen LogP contribution in [-0.4, -0.2) is 51.0 Å². The Morgan fingerprint density at radius 3 is 1.44 bits per heavy atom. The Bertz CT molecular complexity index is 898. The Balaban J connectivity index is 1.50. The lowest BCUT2D eigenvalue weighted by molar-refractivity contribution is -0.164. The molecule has 0 aromatic carbocycles. The average Bonchev–Trinajstić information content (AvgIpc) is 3.56. The number of hydrogen-bond donors (Lipinski definition) is 0. The van der Waals surface area contributed by atoms with Crippen LogP contribution in [0.4, 0.5) is 4.79 Å². The summed E-state index contributed by atoms with van der Waals surface area (Å²) in [6.45, 7) is 0. The van der Waals surface area contributed by atoms with Gasteiger partial charge in [-0.2, -0.15) is 0 Å². The highest BCUT2D eigenvalue weighted by molar-refractivity contribution is 6.04. The second-order valence-corrected chi connectivity index (χ2v) is 9.38. The van der Waals surface area contributed by atoms with Crippen LogP contribution in [0.3, 0.4) is 0 Å². The first-order valence-corrected chi connectivity index (χ1v) is 11.8. The van der Waals surface area contributed by atoms with E-state index in [4.69, 9.17) is 22.3 Å².